The molecule has 1 heterocycles. The summed E-state index contributed by atoms with van der Waals surface area (Å²) >= 11 is 0. The Bertz CT molecular complexity index is 538. The number of hydrogen-bond donors (Lipinski definition) is 1. The standard InChI is InChI=1S/C14H14F3NO2/c15-14(16,17)20-11-6-2-5-9-10(7-8-3-1-4-8)13(19)18-12(9)11/h2,5-6,8,10H,1,3-4,7H2,(H,18,19). The first-order chi connectivity index (χ1) is 9.44. The number of carbonyl (C=O) groups excluding carboxylic acids is 1. The minimum Gasteiger partial charge on any atom is -0.404 e. The zero-order chi connectivity index (χ0) is 14.3. The second kappa shape index (κ2) is 4.68. The molecule has 0 bridgehead atoms. The van der Waals surface area contributed by atoms with Gasteiger partial charge < -0.3 is 10.1 Å². The molecule has 1 aliphatic carbocycles. The number of hydrogen-bond acceptors (Lipinski definition) is 2. The Morgan fingerprint density at radius 3 is 2.65 bits per heavy atom. The number of fused-ring (bicyclic) bond motifs is 1. The largest absolute Gasteiger partial charge is 0.573 e. The third-order valence-corrected chi connectivity index (χ3v) is 4.02. The third-order valence-electron chi connectivity index (χ3n) is 4.02. The van der Waals surface area contributed by atoms with E-state index in [0.717, 1.165) is 12.8 Å². The van der Waals surface area contributed by atoms with Crippen LogP contribution in [0.3, 0.4) is 0 Å². The zero-order valence-electron chi connectivity index (χ0n) is 10.7. The maximum absolute atomic E-state index is 12.3. The summed E-state index contributed by atoms with van der Waals surface area (Å²) in [5.74, 6) is -0.416. The van der Waals surface area contributed by atoms with Crippen LogP contribution in [0, 0.1) is 5.92 Å². The molecule has 108 valence electrons. The number of para-hydroxylation sites is 1. The highest BCUT2D eigenvalue weighted by molar-refractivity contribution is 6.04. The van der Waals surface area contributed by atoms with Crippen LogP contribution in [-0.2, 0) is 4.79 Å². The molecule has 2 aliphatic rings. The fourth-order valence-electron chi connectivity index (χ4n) is 2.83. The Balaban J connectivity index is 1.87. The molecule has 0 radical (unpaired) electrons. The fourth-order valence-corrected chi connectivity index (χ4v) is 2.83. The van der Waals surface area contributed by atoms with Crippen LogP contribution in [0.15, 0.2) is 18.2 Å². The van der Waals surface area contributed by atoms with Gasteiger partial charge in [0.1, 0.15) is 0 Å². The first kappa shape index (κ1) is 13.3. The monoisotopic (exact) mass is 285 g/mol. The Labute approximate surface area is 114 Å². The molecule has 1 aromatic carbocycles. The Morgan fingerprint density at radius 1 is 1.30 bits per heavy atom. The van der Waals surface area contributed by atoms with Crippen molar-refractivity contribution < 1.29 is 22.7 Å². The van der Waals surface area contributed by atoms with Crippen LogP contribution in [-0.4, -0.2) is 12.3 Å². The Hall–Kier alpha value is -1.72. The smallest absolute Gasteiger partial charge is 0.404 e. The molecule has 1 aromatic rings. The van der Waals surface area contributed by atoms with E-state index in [0.29, 0.717) is 17.9 Å². The van der Waals surface area contributed by atoms with Crippen molar-refractivity contribution in [3.8, 4) is 5.75 Å². The number of alkyl halides is 3. The van der Waals surface area contributed by atoms with Gasteiger partial charge in [-0.25, -0.2) is 0 Å². The molecular formula is C14H14F3NO2. The van der Waals surface area contributed by atoms with Gasteiger partial charge in [-0.2, -0.15) is 0 Å². The predicted molar refractivity (Wildman–Crippen MR) is 66.5 cm³/mol. The number of carbonyl (C=O) groups is 1. The lowest BCUT2D eigenvalue weighted by Gasteiger charge is -2.27. The molecule has 6 heteroatoms. The number of amides is 1. The summed E-state index contributed by atoms with van der Waals surface area (Å²) in [5, 5.41) is 2.53. The molecule has 0 spiro atoms. The number of benzene rings is 1. The van der Waals surface area contributed by atoms with Crippen molar-refractivity contribution >= 4 is 11.6 Å². The maximum Gasteiger partial charge on any atom is 0.573 e. The maximum atomic E-state index is 12.3. The predicted octanol–water partition coefficient (Wildman–Crippen LogP) is 3.81. The van der Waals surface area contributed by atoms with Gasteiger partial charge in [0.2, 0.25) is 5.91 Å². The quantitative estimate of drug-likeness (QED) is 0.917. The first-order valence-electron chi connectivity index (χ1n) is 6.63. The summed E-state index contributed by atoms with van der Waals surface area (Å²) in [5.41, 5.74) is 0.780. The van der Waals surface area contributed by atoms with Crippen molar-refractivity contribution in [2.45, 2.75) is 38.0 Å². The van der Waals surface area contributed by atoms with Gasteiger partial charge >= 0.3 is 6.36 Å². The van der Waals surface area contributed by atoms with Gasteiger partial charge in [0.05, 0.1) is 11.6 Å². The number of halogens is 3. The van der Waals surface area contributed by atoms with Crippen LogP contribution >= 0.6 is 0 Å². The van der Waals surface area contributed by atoms with Crippen LogP contribution in [0.4, 0.5) is 18.9 Å². The van der Waals surface area contributed by atoms with E-state index in [4.69, 9.17) is 0 Å². The van der Waals surface area contributed by atoms with Gasteiger partial charge in [0.25, 0.3) is 0 Å². The van der Waals surface area contributed by atoms with E-state index >= 15 is 0 Å². The molecule has 1 saturated carbocycles. The van der Waals surface area contributed by atoms with E-state index in [2.05, 4.69) is 10.1 Å². The summed E-state index contributed by atoms with van der Waals surface area (Å²) in [6, 6.07) is 4.41. The molecule has 0 aromatic heterocycles. The summed E-state index contributed by atoms with van der Waals surface area (Å²) < 4.78 is 41.0. The molecule has 20 heavy (non-hydrogen) atoms. The van der Waals surface area contributed by atoms with Crippen molar-refractivity contribution in [3.05, 3.63) is 23.8 Å². The average Bonchev–Trinajstić information content (AvgIpc) is 2.59. The molecule has 1 amide bonds. The number of anilines is 1. The molecule has 3 nitrogen and oxygen atoms in total. The second-order valence-corrected chi connectivity index (χ2v) is 5.34. The van der Waals surface area contributed by atoms with Crippen LogP contribution in [0.2, 0.25) is 0 Å². The number of nitrogens with one attached hydrogen (secondary N) is 1. The van der Waals surface area contributed by atoms with Crippen molar-refractivity contribution in [2.75, 3.05) is 5.32 Å². The van der Waals surface area contributed by atoms with Crippen molar-refractivity contribution in [1.82, 2.24) is 0 Å². The minimum atomic E-state index is -4.76. The molecule has 1 fully saturated rings. The van der Waals surface area contributed by atoms with Crippen LogP contribution < -0.4 is 10.1 Å². The lowest BCUT2D eigenvalue weighted by molar-refractivity contribution is -0.274. The van der Waals surface area contributed by atoms with Crippen LogP contribution in [0.25, 0.3) is 0 Å². The normalized spacial score (nSPS) is 22.1. The third kappa shape index (κ3) is 2.46. The highest BCUT2D eigenvalue weighted by Gasteiger charge is 2.38. The van der Waals surface area contributed by atoms with Crippen molar-refractivity contribution in [3.63, 3.8) is 0 Å². The van der Waals surface area contributed by atoms with Crippen molar-refractivity contribution in [2.24, 2.45) is 5.92 Å². The number of rotatable bonds is 3. The van der Waals surface area contributed by atoms with Gasteiger partial charge in [0.15, 0.2) is 5.75 Å². The molecule has 3 rings (SSSR count). The molecule has 0 saturated heterocycles. The summed E-state index contributed by atoms with van der Waals surface area (Å²) in [7, 11) is 0. The van der Waals surface area contributed by atoms with E-state index in [1.54, 1.807) is 6.07 Å². The van der Waals surface area contributed by atoms with Gasteiger partial charge in [-0.05, 0) is 24.0 Å². The zero-order valence-corrected chi connectivity index (χ0v) is 10.7. The Morgan fingerprint density at radius 2 is 2.05 bits per heavy atom. The average molecular weight is 285 g/mol. The topological polar surface area (TPSA) is 38.3 Å². The molecule has 1 atom stereocenters. The van der Waals surface area contributed by atoms with E-state index in [1.807, 2.05) is 0 Å². The van der Waals surface area contributed by atoms with E-state index in [-0.39, 0.29) is 23.3 Å². The summed E-state index contributed by atoms with van der Waals surface area (Å²) in [4.78, 5) is 12.0. The van der Waals surface area contributed by atoms with Gasteiger partial charge in [-0.3, -0.25) is 4.79 Å². The minimum absolute atomic E-state index is 0.166. The SMILES string of the molecule is O=C1Nc2c(OC(F)(F)F)cccc2C1CC1CCC1. The van der Waals surface area contributed by atoms with Crippen molar-refractivity contribution in [1.29, 1.82) is 0 Å². The first-order valence-corrected chi connectivity index (χ1v) is 6.63. The number of ether oxygens (including phenoxy) is 1. The lowest BCUT2D eigenvalue weighted by Crippen LogP contribution is -2.20. The second-order valence-electron chi connectivity index (χ2n) is 5.34. The molecule has 1 aliphatic heterocycles. The molecule has 1 N–H and O–H groups in total. The van der Waals surface area contributed by atoms with E-state index in [9.17, 15) is 18.0 Å². The lowest BCUT2D eigenvalue weighted by atomic mass is 9.77. The highest BCUT2D eigenvalue weighted by atomic mass is 19.4. The van der Waals surface area contributed by atoms with Gasteiger partial charge in [-0.15, -0.1) is 13.2 Å². The molecule has 1 unspecified atom stereocenters. The highest BCUT2D eigenvalue weighted by Crippen LogP contribution is 2.45. The van der Waals surface area contributed by atoms with Crippen LogP contribution in [0.5, 0.6) is 5.75 Å². The summed E-state index contributed by atoms with van der Waals surface area (Å²) in [6.07, 6.45) is -0.695. The summed E-state index contributed by atoms with van der Waals surface area (Å²) in [6.45, 7) is 0. The van der Waals surface area contributed by atoms with Gasteiger partial charge in [0, 0.05) is 0 Å². The molecular weight excluding hydrogens is 271 g/mol. The van der Waals surface area contributed by atoms with Crippen LogP contribution in [0.1, 0.15) is 37.2 Å². The van der Waals surface area contributed by atoms with Gasteiger partial charge in [-0.1, -0.05) is 31.4 Å². The fraction of sp³-hybridized carbons (Fsp3) is 0.500. The van der Waals surface area contributed by atoms with E-state index < -0.39 is 6.36 Å². The Kier molecular flexibility index (Phi) is 3.11. The van der Waals surface area contributed by atoms with E-state index in [1.165, 1.54) is 18.6 Å².